The Labute approximate surface area is 152 Å². The number of anilines is 1. The quantitative estimate of drug-likeness (QED) is 0.648. The van der Waals surface area contributed by atoms with Gasteiger partial charge in [-0.05, 0) is 23.8 Å². The van der Waals surface area contributed by atoms with Crippen molar-refractivity contribution in [2.45, 2.75) is 13.1 Å². The number of benzene rings is 2. The lowest BCUT2D eigenvalue weighted by Gasteiger charge is -2.15. The zero-order valence-electron chi connectivity index (χ0n) is 13.7. The van der Waals surface area contributed by atoms with E-state index in [0.29, 0.717) is 17.3 Å². The van der Waals surface area contributed by atoms with Crippen LogP contribution in [0.15, 0.2) is 61.2 Å². The number of nitrogens with zero attached hydrogens (tertiary/aromatic N) is 2. The first kappa shape index (κ1) is 16.9. The van der Waals surface area contributed by atoms with Gasteiger partial charge in [-0.3, -0.25) is 0 Å². The van der Waals surface area contributed by atoms with Crippen LogP contribution in [0.2, 0.25) is 5.02 Å². The van der Waals surface area contributed by atoms with Crippen molar-refractivity contribution in [1.82, 2.24) is 9.55 Å². The minimum atomic E-state index is 0.213. The molecule has 3 aromatic rings. The van der Waals surface area contributed by atoms with Crippen LogP contribution in [0, 0.1) is 12.3 Å². The van der Waals surface area contributed by atoms with Crippen LogP contribution in [0.3, 0.4) is 0 Å². The van der Waals surface area contributed by atoms with E-state index in [1.807, 2.05) is 47.2 Å². The highest BCUT2D eigenvalue weighted by Crippen LogP contribution is 2.28. The predicted octanol–water partition coefficient (Wildman–Crippen LogP) is 4.21. The zero-order chi connectivity index (χ0) is 17.5. The number of para-hydroxylation sites is 1. The van der Waals surface area contributed by atoms with E-state index in [1.165, 1.54) is 5.56 Å². The molecular weight excluding hydrogens is 334 g/mol. The molecule has 0 radical (unpaired) electrons. The predicted molar refractivity (Wildman–Crippen MR) is 101 cm³/mol. The molecule has 1 aromatic heterocycles. The van der Waals surface area contributed by atoms with Gasteiger partial charge in [-0.25, -0.2) is 4.98 Å². The number of hydrogen-bond donors (Lipinski definition) is 1. The third-order valence-electron chi connectivity index (χ3n) is 3.77. The number of ether oxygens (including phenoxy) is 1. The molecule has 0 aliphatic carbocycles. The molecule has 3 rings (SSSR count). The molecule has 0 saturated heterocycles. The first-order valence-electron chi connectivity index (χ1n) is 7.89. The van der Waals surface area contributed by atoms with E-state index in [-0.39, 0.29) is 6.61 Å². The highest BCUT2D eigenvalue weighted by molar-refractivity contribution is 6.31. The Kier molecular flexibility index (Phi) is 5.61. The summed E-state index contributed by atoms with van der Waals surface area (Å²) in [5, 5.41) is 4.10. The van der Waals surface area contributed by atoms with Gasteiger partial charge >= 0.3 is 0 Å². The monoisotopic (exact) mass is 351 g/mol. The van der Waals surface area contributed by atoms with Gasteiger partial charge in [0.05, 0.1) is 12.9 Å². The van der Waals surface area contributed by atoms with Crippen LogP contribution >= 0.6 is 11.6 Å². The van der Waals surface area contributed by atoms with Crippen molar-refractivity contribution in [2.75, 3.05) is 11.9 Å². The molecule has 0 spiro atoms. The second-order valence-corrected chi connectivity index (χ2v) is 5.86. The molecule has 5 heteroatoms. The van der Waals surface area contributed by atoms with E-state index in [9.17, 15) is 0 Å². The molecule has 2 aromatic carbocycles. The maximum absolute atomic E-state index is 6.35. The normalized spacial score (nSPS) is 10.2. The molecule has 1 N–H and O–H groups in total. The molecule has 0 fully saturated rings. The molecule has 1 heterocycles. The summed E-state index contributed by atoms with van der Waals surface area (Å²) in [6.07, 6.45) is 10.8. The maximum atomic E-state index is 6.35. The van der Waals surface area contributed by atoms with Gasteiger partial charge in [0.1, 0.15) is 12.4 Å². The van der Waals surface area contributed by atoms with Gasteiger partial charge in [-0.15, -0.1) is 6.42 Å². The smallest absolute Gasteiger partial charge is 0.148 e. The lowest BCUT2D eigenvalue weighted by Crippen LogP contribution is -2.07. The Bertz CT molecular complexity index is 869. The highest BCUT2D eigenvalue weighted by atomic mass is 35.5. The van der Waals surface area contributed by atoms with Crippen LogP contribution in [0.1, 0.15) is 11.1 Å². The summed E-state index contributed by atoms with van der Waals surface area (Å²) in [6.45, 7) is 1.50. The fraction of sp³-hybridized carbons (Fsp3) is 0.150. The third-order valence-corrected chi connectivity index (χ3v) is 4.13. The number of aromatic nitrogens is 2. The van der Waals surface area contributed by atoms with Gasteiger partial charge in [-0.1, -0.05) is 41.8 Å². The molecule has 0 atom stereocenters. The number of rotatable bonds is 7. The first-order chi connectivity index (χ1) is 12.3. The van der Waals surface area contributed by atoms with E-state index in [2.05, 4.69) is 22.3 Å². The number of terminal acetylenes is 1. The molecule has 0 unspecified atom stereocenters. The summed E-state index contributed by atoms with van der Waals surface area (Å²) in [4.78, 5) is 4.09. The Balaban J connectivity index is 1.77. The number of halogens is 1. The zero-order valence-corrected chi connectivity index (χ0v) is 14.4. The minimum absolute atomic E-state index is 0.213. The van der Waals surface area contributed by atoms with E-state index >= 15 is 0 Å². The fourth-order valence-electron chi connectivity index (χ4n) is 2.56. The summed E-state index contributed by atoms with van der Waals surface area (Å²) in [6, 6.07) is 13.7. The largest absolute Gasteiger partial charge is 0.481 e. The molecule has 0 amide bonds. The topological polar surface area (TPSA) is 39.1 Å². The summed E-state index contributed by atoms with van der Waals surface area (Å²) in [7, 11) is 0. The van der Waals surface area contributed by atoms with E-state index in [0.717, 1.165) is 17.8 Å². The van der Waals surface area contributed by atoms with Gasteiger partial charge < -0.3 is 14.6 Å². The average Bonchev–Trinajstić information content (AvgIpc) is 3.13. The average molecular weight is 352 g/mol. The molecule has 4 nitrogen and oxygen atoms in total. The van der Waals surface area contributed by atoms with E-state index in [1.54, 1.807) is 12.5 Å². The van der Waals surface area contributed by atoms with Crippen molar-refractivity contribution in [3.05, 3.63) is 77.3 Å². The Morgan fingerprint density at radius 1 is 1.20 bits per heavy atom. The fourth-order valence-corrected chi connectivity index (χ4v) is 2.79. The molecule has 126 valence electrons. The molecule has 25 heavy (non-hydrogen) atoms. The lowest BCUT2D eigenvalue weighted by molar-refractivity contribution is 0.366. The minimum Gasteiger partial charge on any atom is -0.481 e. The number of nitrogens with one attached hydrogen (secondary N) is 1. The SMILES string of the molecule is C#CCOc1cccc(Cl)c1CNc1ccccc1Cn1ccnc1. The summed E-state index contributed by atoms with van der Waals surface area (Å²) in [5.74, 6) is 3.18. The molecule has 0 aliphatic rings. The van der Waals surface area contributed by atoms with Crippen molar-refractivity contribution in [1.29, 1.82) is 0 Å². The van der Waals surface area contributed by atoms with E-state index in [4.69, 9.17) is 22.8 Å². The maximum Gasteiger partial charge on any atom is 0.148 e. The van der Waals surface area contributed by atoms with Gasteiger partial charge in [-0.2, -0.15) is 0 Å². The second-order valence-electron chi connectivity index (χ2n) is 5.46. The molecule has 0 aliphatic heterocycles. The van der Waals surface area contributed by atoms with Gasteiger partial charge in [0.2, 0.25) is 0 Å². The van der Waals surface area contributed by atoms with Crippen LogP contribution in [0.4, 0.5) is 5.69 Å². The highest BCUT2D eigenvalue weighted by Gasteiger charge is 2.09. The van der Waals surface area contributed by atoms with Crippen LogP contribution in [-0.4, -0.2) is 16.2 Å². The van der Waals surface area contributed by atoms with Crippen molar-refractivity contribution in [3.8, 4) is 18.1 Å². The van der Waals surface area contributed by atoms with Crippen molar-refractivity contribution >= 4 is 17.3 Å². The standard InChI is InChI=1S/C20H18ClN3O/c1-2-12-25-20-9-5-7-18(21)17(20)13-23-19-8-4-3-6-16(19)14-24-11-10-22-15-24/h1,3-11,15,23H,12-14H2. The Morgan fingerprint density at radius 3 is 2.88 bits per heavy atom. The number of imidazole rings is 1. The Hall–Kier alpha value is -2.90. The Morgan fingerprint density at radius 2 is 2.08 bits per heavy atom. The van der Waals surface area contributed by atoms with Crippen LogP contribution in [0.25, 0.3) is 0 Å². The van der Waals surface area contributed by atoms with Gasteiger partial charge in [0.15, 0.2) is 0 Å². The second kappa shape index (κ2) is 8.27. The van der Waals surface area contributed by atoms with Crippen LogP contribution < -0.4 is 10.1 Å². The van der Waals surface area contributed by atoms with Crippen LogP contribution in [0.5, 0.6) is 5.75 Å². The summed E-state index contributed by atoms with van der Waals surface area (Å²) < 4.78 is 7.62. The molecular formula is C20H18ClN3O. The molecule has 0 bridgehead atoms. The number of hydrogen-bond acceptors (Lipinski definition) is 3. The van der Waals surface area contributed by atoms with E-state index < -0.39 is 0 Å². The van der Waals surface area contributed by atoms with Crippen molar-refractivity contribution in [3.63, 3.8) is 0 Å². The summed E-state index contributed by atoms with van der Waals surface area (Å²) in [5.41, 5.74) is 3.09. The third kappa shape index (κ3) is 4.34. The van der Waals surface area contributed by atoms with Gasteiger partial charge in [0, 0.05) is 35.2 Å². The first-order valence-corrected chi connectivity index (χ1v) is 8.27. The lowest BCUT2D eigenvalue weighted by atomic mass is 10.1. The van der Waals surface area contributed by atoms with Gasteiger partial charge in [0.25, 0.3) is 0 Å². The van der Waals surface area contributed by atoms with Crippen LogP contribution in [-0.2, 0) is 13.1 Å². The van der Waals surface area contributed by atoms with Crippen molar-refractivity contribution in [2.24, 2.45) is 0 Å². The molecule has 0 saturated carbocycles. The van der Waals surface area contributed by atoms with Crippen molar-refractivity contribution < 1.29 is 4.74 Å². The summed E-state index contributed by atoms with van der Waals surface area (Å²) >= 11 is 6.35.